The number of benzene rings is 9. The number of hydrogen-bond acceptors (Lipinski definition) is 5. The molecule has 9 aromatic carbocycles. The normalized spacial score (nSPS) is 11.6. The van der Waals surface area contributed by atoms with Crippen LogP contribution >= 0.6 is 0 Å². The average Bonchev–Trinajstić information content (AvgIpc) is 3.71. The van der Waals surface area contributed by atoms with Crippen molar-refractivity contribution in [1.82, 2.24) is 19.9 Å². The van der Waals surface area contributed by atoms with Crippen molar-refractivity contribution in [3.8, 4) is 56.7 Å². The van der Waals surface area contributed by atoms with Crippen LogP contribution in [0.4, 0.5) is 0 Å². The highest BCUT2D eigenvalue weighted by Crippen LogP contribution is 2.39. The Hall–Kier alpha value is -7.50. The van der Waals surface area contributed by atoms with E-state index in [0.29, 0.717) is 23.4 Å². The third-order valence-corrected chi connectivity index (χ3v) is 10.5. The van der Waals surface area contributed by atoms with Gasteiger partial charge in [-0.25, -0.2) is 19.9 Å². The summed E-state index contributed by atoms with van der Waals surface area (Å²) in [5.41, 5.74) is 7.70. The Morgan fingerprint density at radius 1 is 0.327 bits per heavy atom. The second-order valence-corrected chi connectivity index (χ2v) is 13.8. The van der Waals surface area contributed by atoms with E-state index in [1.165, 1.54) is 16.3 Å². The monoisotopic (exact) mass is 702 g/mol. The Balaban J connectivity index is 1.05. The first-order chi connectivity index (χ1) is 27.2. The van der Waals surface area contributed by atoms with Crippen LogP contribution in [0.1, 0.15) is 0 Å². The van der Waals surface area contributed by atoms with Crippen molar-refractivity contribution in [3.05, 3.63) is 182 Å². The van der Waals surface area contributed by atoms with Crippen LogP contribution in [0.2, 0.25) is 0 Å². The Kier molecular flexibility index (Phi) is 7.10. The number of hydrogen-bond donors (Lipinski definition) is 0. The van der Waals surface area contributed by atoms with Crippen molar-refractivity contribution < 1.29 is 4.42 Å². The molecular weight excluding hydrogens is 673 g/mol. The zero-order valence-corrected chi connectivity index (χ0v) is 29.5. The number of fused-ring (bicyclic) bond motifs is 8. The first kappa shape index (κ1) is 31.1. The molecule has 0 radical (unpaired) electrons. The van der Waals surface area contributed by atoms with E-state index in [4.69, 9.17) is 24.4 Å². The third kappa shape index (κ3) is 5.33. The van der Waals surface area contributed by atoms with Crippen molar-refractivity contribution in [2.75, 3.05) is 0 Å². The highest BCUT2D eigenvalue weighted by molar-refractivity contribution is 6.26. The number of rotatable bonds is 5. The second-order valence-electron chi connectivity index (χ2n) is 13.8. The molecule has 0 amide bonds. The Morgan fingerprint density at radius 3 is 1.65 bits per heavy atom. The summed E-state index contributed by atoms with van der Waals surface area (Å²) < 4.78 is 6.54. The van der Waals surface area contributed by atoms with Crippen molar-refractivity contribution in [2.45, 2.75) is 0 Å². The fourth-order valence-corrected chi connectivity index (χ4v) is 7.82. The van der Waals surface area contributed by atoms with Gasteiger partial charge < -0.3 is 4.42 Å². The summed E-state index contributed by atoms with van der Waals surface area (Å²) in [6.07, 6.45) is 0. The molecule has 0 atom stereocenters. The van der Waals surface area contributed by atoms with Gasteiger partial charge in [-0.3, -0.25) is 0 Å². The molecule has 0 fully saturated rings. The Bertz CT molecular complexity index is 3240. The summed E-state index contributed by atoms with van der Waals surface area (Å²) in [6.45, 7) is 0. The van der Waals surface area contributed by atoms with Gasteiger partial charge in [0.15, 0.2) is 23.1 Å². The largest absolute Gasteiger partial charge is 0.435 e. The minimum atomic E-state index is 0.616. The van der Waals surface area contributed by atoms with Gasteiger partial charge >= 0.3 is 0 Å². The molecular formula is C50H30N4O. The average molecular weight is 703 g/mol. The summed E-state index contributed by atoms with van der Waals surface area (Å²) in [6, 6.07) is 63.0. The topological polar surface area (TPSA) is 64.7 Å². The lowest BCUT2D eigenvalue weighted by Crippen LogP contribution is -2.00. The molecule has 0 saturated carbocycles. The van der Waals surface area contributed by atoms with Crippen molar-refractivity contribution >= 4 is 54.2 Å². The fourth-order valence-electron chi connectivity index (χ4n) is 7.82. The molecule has 11 rings (SSSR count). The molecule has 0 bridgehead atoms. The summed E-state index contributed by atoms with van der Waals surface area (Å²) in [5, 5.41) is 9.09. The van der Waals surface area contributed by atoms with Crippen LogP contribution in [0.15, 0.2) is 186 Å². The van der Waals surface area contributed by atoms with Crippen LogP contribution in [-0.2, 0) is 0 Å². The summed E-state index contributed by atoms with van der Waals surface area (Å²) in [7, 11) is 0. The summed E-state index contributed by atoms with van der Waals surface area (Å²) in [5.74, 6) is 2.49. The summed E-state index contributed by atoms with van der Waals surface area (Å²) in [4.78, 5) is 20.0. The molecule has 0 saturated heterocycles. The molecule has 11 aromatic rings. The smallest absolute Gasteiger partial charge is 0.227 e. The van der Waals surface area contributed by atoms with Crippen molar-refractivity contribution in [3.63, 3.8) is 0 Å². The van der Waals surface area contributed by atoms with Crippen LogP contribution in [0.5, 0.6) is 0 Å². The predicted octanol–water partition coefficient (Wildman–Crippen LogP) is 13.0. The molecule has 55 heavy (non-hydrogen) atoms. The van der Waals surface area contributed by atoms with Gasteiger partial charge in [0, 0.05) is 33.0 Å². The number of oxazole rings is 1. The van der Waals surface area contributed by atoms with Gasteiger partial charge in [0.2, 0.25) is 5.89 Å². The van der Waals surface area contributed by atoms with Crippen LogP contribution in [0.3, 0.4) is 0 Å². The van der Waals surface area contributed by atoms with Gasteiger partial charge in [-0.15, -0.1) is 0 Å². The SMILES string of the molecule is c1ccc(-c2nc(-c3ccc(-c4cccc5ccccc45)cc3)nc(-c3ccc4c(ccc5ccc6ccc7nc(-c8ccccc8)oc7c6c54)c3)n2)cc1. The van der Waals surface area contributed by atoms with Gasteiger partial charge in [-0.05, 0) is 67.7 Å². The first-order valence-corrected chi connectivity index (χ1v) is 18.4. The van der Waals surface area contributed by atoms with Crippen LogP contribution in [0, 0.1) is 0 Å². The van der Waals surface area contributed by atoms with Crippen LogP contribution in [-0.4, -0.2) is 19.9 Å². The maximum atomic E-state index is 6.54. The second kappa shape index (κ2) is 12.6. The van der Waals surface area contributed by atoms with Gasteiger partial charge in [0.1, 0.15) is 5.52 Å². The zero-order chi connectivity index (χ0) is 36.3. The van der Waals surface area contributed by atoms with E-state index in [1.807, 2.05) is 66.7 Å². The van der Waals surface area contributed by atoms with E-state index in [2.05, 4.69) is 115 Å². The lowest BCUT2D eigenvalue weighted by atomic mass is 9.95. The van der Waals surface area contributed by atoms with E-state index >= 15 is 0 Å². The molecule has 0 spiro atoms. The van der Waals surface area contributed by atoms with Gasteiger partial charge in [0.25, 0.3) is 0 Å². The Morgan fingerprint density at radius 2 is 0.891 bits per heavy atom. The highest BCUT2D eigenvalue weighted by atomic mass is 16.3. The molecule has 2 heterocycles. The van der Waals surface area contributed by atoms with Crippen LogP contribution in [0.25, 0.3) is 111 Å². The van der Waals surface area contributed by atoms with E-state index in [0.717, 1.165) is 71.2 Å². The summed E-state index contributed by atoms with van der Waals surface area (Å²) >= 11 is 0. The van der Waals surface area contributed by atoms with Gasteiger partial charge in [-0.1, -0.05) is 158 Å². The molecule has 0 aliphatic rings. The lowest BCUT2D eigenvalue weighted by Gasteiger charge is -2.12. The van der Waals surface area contributed by atoms with E-state index in [9.17, 15) is 0 Å². The van der Waals surface area contributed by atoms with Crippen LogP contribution < -0.4 is 0 Å². The highest BCUT2D eigenvalue weighted by Gasteiger charge is 2.17. The molecule has 5 nitrogen and oxygen atoms in total. The molecule has 2 aromatic heterocycles. The molecule has 0 aliphatic carbocycles. The van der Waals surface area contributed by atoms with Gasteiger partial charge in [-0.2, -0.15) is 0 Å². The third-order valence-electron chi connectivity index (χ3n) is 10.5. The molecule has 5 heteroatoms. The molecule has 0 aliphatic heterocycles. The maximum Gasteiger partial charge on any atom is 0.227 e. The zero-order valence-electron chi connectivity index (χ0n) is 29.5. The number of nitrogens with zero attached hydrogens (tertiary/aromatic N) is 4. The predicted molar refractivity (Wildman–Crippen MR) is 225 cm³/mol. The molecule has 256 valence electrons. The first-order valence-electron chi connectivity index (χ1n) is 18.4. The lowest BCUT2D eigenvalue weighted by molar-refractivity contribution is 0.623. The van der Waals surface area contributed by atoms with E-state index in [1.54, 1.807) is 0 Å². The minimum Gasteiger partial charge on any atom is -0.435 e. The Labute approximate surface area is 316 Å². The molecule has 0 N–H and O–H groups in total. The van der Waals surface area contributed by atoms with Gasteiger partial charge in [0.05, 0.1) is 0 Å². The van der Waals surface area contributed by atoms with Crippen molar-refractivity contribution in [1.29, 1.82) is 0 Å². The quantitative estimate of drug-likeness (QED) is 0.167. The van der Waals surface area contributed by atoms with E-state index < -0.39 is 0 Å². The van der Waals surface area contributed by atoms with Crippen molar-refractivity contribution in [2.24, 2.45) is 0 Å². The van der Waals surface area contributed by atoms with E-state index in [-0.39, 0.29) is 0 Å². The number of aromatic nitrogens is 4. The molecule has 0 unspecified atom stereocenters. The standard InChI is InChI=1S/C50H30N4O/c1-3-11-35(12-4-1)47-52-48(36-23-18-32(19-24-36)41-17-9-15-31-10-7-8-16-40(31)41)54-49(53-47)39-26-28-42-38(30-39)25-22-33-20-21-34-27-29-43-46(45(34)44(33)42)55-50(51-43)37-13-5-2-6-14-37/h1-30H. The minimum absolute atomic E-state index is 0.616. The fraction of sp³-hybridized carbons (Fsp3) is 0. The maximum absolute atomic E-state index is 6.54.